The molecule has 1 fully saturated rings. The molecule has 2 rings (SSSR count). The van der Waals surface area contributed by atoms with Gasteiger partial charge in [0.15, 0.2) is 5.82 Å². The number of hydrogen-bond acceptors (Lipinski definition) is 2. The molecule has 15 heavy (non-hydrogen) atoms. The fourth-order valence-electron chi connectivity index (χ4n) is 2.04. The Labute approximate surface area is 94.1 Å². The van der Waals surface area contributed by atoms with E-state index in [-0.39, 0.29) is 17.2 Å². The molecule has 0 aromatic carbocycles. The Balaban J connectivity index is 2.26. The smallest absolute Gasteiger partial charge is 0.164 e. The summed E-state index contributed by atoms with van der Waals surface area (Å²) in [5, 5.41) is 0.103. The topological polar surface area (TPSA) is 16.1 Å². The first-order chi connectivity index (χ1) is 7.20. The van der Waals surface area contributed by atoms with Crippen LogP contribution in [0, 0.1) is 5.82 Å². The summed E-state index contributed by atoms with van der Waals surface area (Å²) < 4.78 is 13.5. The Bertz CT molecular complexity index is 345. The van der Waals surface area contributed by atoms with Gasteiger partial charge < -0.3 is 4.90 Å². The molecule has 1 aliphatic rings. The average Bonchev–Trinajstić information content (AvgIpc) is 2.23. The maximum absolute atomic E-state index is 13.5. The minimum Gasteiger partial charge on any atom is -0.365 e. The van der Waals surface area contributed by atoms with Crippen LogP contribution in [-0.2, 0) is 0 Å². The van der Waals surface area contributed by atoms with Crippen molar-refractivity contribution in [2.45, 2.75) is 31.2 Å². The molecule has 0 radical (unpaired) electrons. The zero-order valence-electron chi connectivity index (χ0n) is 8.66. The van der Waals surface area contributed by atoms with Gasteiger partial charge in [-0.25, -0.2) is 4.39 Å². The van der Waals surface area contributed by atoms with E-state index >= 15 is 0 Å². The van der Waals surface area contributed by atoms with Crippen LogP contribution in [0.1, 0.15) is 19.8 Å². The minimum absolute atomic E-state index is 0.103. The molecule has 0 aliphatic carbocycles. The molecule has 0 amide bonds. The SMILES string of the molecule is CC1C(Cl)CCCN1c1ccncc1F. The first-order valence-electron chi connectivity index (χ1n) is 5.20. The second-order valence-corrected chi connectivity index (χ2v) is 4.48. The van der Waals surface area contributed by atoms with Crippen LogP contribution in [0.25, 0.3) is 0 Å². The number of rotatable bonds is 1. The Hall–Kier alpha value is -0.830. The Kier molecular flexibility index (Phi) is 3.10. The molecule has 0 N–H and O–H groups in total. The third kappa shape index (κ3) is 2.07. The normalized spacial score (nSPS) is 26.7. The number of anilines is 1. The number of alkyl halides is 1. The molecule has 4 heteroatoms. The number of piperidine rings is 1. The van der Waals surface area contributed by atoms with Crippen molar-refractivity contribution in [1.29, 1.82) is 0 Å². The molecule has 2 atom stereocenters. The molecule has 0 spiro atoms. The molecule has 2 heterocycles. The van der Waals surface area contributed by atoms with Gasteiger partial charge in [0, 0.05) is 18.8 Å². The molecular formula is C11H14ClFN2. The molecular weight excluding hydrogens is 215 g/mol. The van der Waals surface area contributed by atoms with Crippen molar-refractivity contribution in [3.8, 4) is 0 Å². The highest BCUT2D eigenvalue weighted by Crippen LogP contribution is 2.28. The van der Waals surface area contributed by atoms with E-state index < -0.39 is 0 Å². The van der Waals surface area contributed by atoms with Crippen molar-refractivity contribution >= 4 is 17.3 Å². The summed E-state index contributed by atoms with van der Waals surface area (Å²) in [6.45, 7) is 2.90. The van der Waals surface area contributed by atoms with E-state index in [1.54, 1.807) is 12.3 Å². The standard InChI is InChI=1S/C11H14ClFN2/c1-8-9(12)3-2-6-15(8)11-4-5-14-7-10(11)13/h4-5,7-9H,2-3,6H2,1H3. The summed E-state index contributed by atoms with van der Waals surface area (Å²) in [5.74, 6) is -0.268. The van der Waals surface area contributed by atoms with Crippen LogP contribution in [0.4, 0.5) is 10.1 Å². The highest BCUT2D eigenvalue weighted by Gasteiger charge is 2.27. The summed E-state index contributed by atoms with van der Waals surface area (Å²) in [6, 6.07) is 1.89. The van der Waals surface area contributed by atoms with Gasteiger partial charge in [0.25, 0.3) is 0 Å². The summed E-state index contributed by atoms with van der Waals surface area (Å²) in [7, 11) is 0. The van der Waals surface area contributed by atoms with Crippen molar-refractivity contribution in [3.05, 3.63) is 24.3 Å². The van der Waals surface area contributed by atoms with E-state index in [2.05, 4.69) is 4.98 Å². The first-order valence-corrected chi connectivity index (χ1v) is 5.64. The molecule has 2 nitrogen and oxygen atoms in total. The van der Waals surface area contributed by atoms with Crippen LogP contribution in [-0.4, -0.2) is 22.9 Å². The fourth-order valence-corrected chi connectivity index (χ4v) is 2.33. The van der Waals surface area contributed by atoms with Gasteiger partial charge >= 0.3 is 0 Å². The summed E-state index contributed by atoms with van der Waals surface area (Å²) in [6.07, 6.45) is 4.88. The van der Waals surface area contributed by atoms with Crippen molar-refractivity contribution in [2.24, 2.45) is 0 Å². The van der Waals surface area contributed by atoms with Crippen LogP contribution in [0.3, 0.4) is 0 Å². The predicted octanol–water partition coefficient (Wildman–Crippen LogP) is 2.82. The predicted molar refractivity (Wildman–Crippen MR) is 59.9 cm³/mol. The van der Waals surface area contributed by atoms with E-state index in [4.69, 9.17) is 11.6 Å². The Morgan fingerprint density at radius 1 is 1.60 bits per heavy atom. The van der Waals surface area contributed by atoms with Crippen LogP contribution >= 0.6 is 11.6 Å². The van der Waals surface area contributed by atoms with Gasteiger partial charge in [-0.1, -0.05) is 0 Å². The molecule has 1 aromatic heterocycles. The lowest BCUT2D eigenvalue weighted by Gasteiger charge is -2.38. The first kappa shape index (κ1) is 10.7. The van der Waals surface area contributed by atoms with Crippen LogP contribution in [0.15, 0.2) is 18.5 Å². The third-order valence-electron chi connectivity index (χ3n) is 2.95. The number of aromatic nitrogens is 1. The largest absolute Gasteiger partial charge is 0.365 e. The molecule has 1 saturated heterocycles. The average molecular weight is 229 g/mol. The minimum atomic E-state index is -0.268. The molecule has 0 saturated carbocycles. The van der Waals surface area contributed by atoms with Gasteiger partial charge in [0.2, 0.25) is 0 Å². The Morgan fingerprint density at radius 2 is 2.40 bits per heavy atom. The van der Waals surface area contributed by atoms with Crippen molar-refractivity contribution in [3.63, 3.8) is 0 Å². The molecule has 0 bridgehead atoms. The van der Waals surface area contributed by atoms with E-state index in [1.807, 2.05) is 11.8 Å². The lowest BCUT2D eigenvalue weighted by atomic mass is 10.0. The molecule has 82 valence electrons. The number of nitrogens with zero attached hydrogens (tertiary/aromatic N) is 2. The van der Waals surface area contributed by atoms with Crippen molar-refractivity contribution in [2.75, 3.05) is 11.4 Å². The maximum atomic E-state index is 13.5. The molecule has 1 aliphatic heterocycles. The van der Waals surface area contributed by atoms with Gasteiger partial charge in [0.05, 0.1) is 17.3 Å². The van der Waals surface area contributed by atoms with Gasteiger partial charge in [-0.05, 0) is 25.8 Å². The summed E-state index contributed by atoms with van der Waals surface area (Å²) in [4.78, 5) is 5.78. The maximum Gasteiger partial charge on any atom is 0.164 e. The quantitative estimate of drug-likeness (QED) is 0.688. The number of hydrogen-bond donors (Lipinski definition) is 0. The summed E-state index contributed by atoms with van der Waals surface area (Å²) in [5.41, 5.74) is 0.614. The van der Waals surface area contributed by atoms with E-state index in [1.165, 1.54) is 6.20 Å². The molecule has 2 unspecified atom stereocenters. The lowest BCUT2D eigenvalue weighted by molar-refractivity contribution is 0.482. The zero-order chi connectivity index (χ0) is 10.8. The van der Waals surface area contributed by atoms with Crippen LogP contribution < -0.4 is 4.90 Å². The highest BCUT2D eigenvalue weighted by molar-refractivity contribution is 6.21. The number of pyridine rings is 1. The summed E-state index contributed by atoms with van der Waals surface area (Å²) >= 11 is 6.18. The van der Waals surface area contributed by atoms with Gasteiger partial charge in [-0.3, -0.25) is 4.98 Å². The van der Waals surface area contributed by atoms with Crippen LogP contribution in [0.2, 0.25) is 0 Å². The third-order valence-corrected chi connectivity index (χ3v) is 3.54. The second kappa shape index (κ2) is 4.35. The monoisotopic (exact) mass is 228 g/mol. The van der Waals surface area contributed by atoms with Crippen LogP contribution in [0.5, 0.6) is 0 Å². The van der Waals surface area contributed by atoms with Crippen molar-refractivity contribution in [1.82, 2.24) is 4.98 Å². The van der Waals surface area contributed by atoms with Gasteiger partial charge in [-0.2, -0.15) is 0 Å². The van der Waals surface area contributed by atoms with E-state index in [0.717, 1.165) is 19.4 Å². The lowest BCUT2D eigenvalue weighted by Crippen LogP contribution is -2.44. The second-order valence-electron chi connectivity index (χ2n) is 3.92. The van der Waals surface area contributed by atoms with Gasteiger partial charge in [0.1, 0.15) is 0 Å². The Morgan fingerprint density at radius 3 is 3.13 bits per heavy atom. The molecule has 1 aromatic rings. The number of halogens is 2. The van der Waals surface area contributed by atoms with E-state index in [9.17, 15) is 4.39 Å². The zero-order valence-corrected chi connectivity index (χ0v) is 9.41. The van der Waals surface area contributed by atoms with Crippen molar-refractivity contribution < 1.29 is 4.39 Å². The highest BCUT2D eigenvalue weighted by atomic mass is 35.5. The van der Waals surface area contributed by atoms with E-state index in [0.29, 0.717) is 5.69 Å². The fraction of sp³-hybridized carbons (Fsp3) is 0.545. The van der Waals surface area contributed by atoms with Gasteiger partial charge in [-0.15, -0.1) is 11.6 Å².